The molecule has 1 fully saturated rings. The van der Waals surface area contributed by atoms with Crippen molar-refractivity contribution in [1.29, 1.82) is 0 Å². The standard InChI is InChI=1S/C21H22F2N2O2/c1-15-14-17(6-8-18(15)22)21(27)25-12-10-24(11-13-25)20(26)9-7-16-4-2-3-5-19(16)23/h2-6,8,14H,7,9-13H2,1H3. The predicted molar refractivity (Wildman–Crippen MR) is 98.3 cm³/mol. The summed E-state index contributed by atoms with van der Waals surface area (Å²) >= 11 is 0. The lowest BCUT2D eigenvalue weighted by Gasteiger charge is -2.35. The van der Waals surface area contributed by atoms with Crippen molar-refractivity contribution in [2.24, 2.45) is 0 Å². The van der Waals surface area contributed by atoms with Crippen molar-refractivity contribution in [3.05, 3.63) is 70.8 Å². The van der Waals surface area contributed by atoms with Crippen LogP contribution in [0.1, 0.15) is 27.9 Å². The minimum absolute atomic E-state index is 0.0389. The summed E-state index contributed by atoms with van der Waals surface area (Å²) in [5.41, 5.74) is 1.42. The van der Waals surface area contributed by atoms with E-state index in [0.29, 0.717) is 49.3 Å². The third kappa shape index (κ3) is 4.51. The number of benzene rings is 2. The fraction of sp³-hybridized carbons (Fsp3) is 0.333. The zero-order chi connectivity index (χ0) is 19.4. The topological polar surface area (TPSA) is 40.6 Å². The Kier molecular flexibility index (Phi) is 5.84. The van der Waals surface area contributed by atoms with Gasteiger partial charge in [-0.15, -0.1) is 0 Å². The van der Waals surface area contributed by atoms with E-state index in [-0.39, 0.29) is 29.9 Å². The van der Waals surface area contributed by atoms with Crippen molar-refractivity contribution in [2.45, 2.75) is 19.8 Å². The molecular formula is C21H22F2N2O2. The number of halogens is 2. The fourth-order valence-corrected chi connectivity index (χ4v) is 3.22. The van der Waals surface area contributed by atoms with Gasteiger partial charge in [0, 0.05) is 38.2 Å². The Labute approximate surface area is 157 Å². The summed E-state index contributed by atoms with van der Waals surface area (Å²) in [6.07, 6.45) is 0.603. The number of carbonyl (C=O) groups is 2. The molecule has 0 N–H and O–H groups in total. The zero-order valence-electron chi connectivity index (χ0n) is 15.3. The van der Waals surface area contributed by atoms with Crippen molar-refractivity contribution in [2.75, 3.05) is 26.2 Å². The molecule has 1 heterocycles. The van der Waals surface area contributed by atoms with Gasteiger partial charge >= 0.3 is 0 Å². The minimum atomic E-state index is -0.336. The molecule has 1 aliphatic heterocycles. The Balaban J connectivity index is 1.52. The minimum Gasteiger partial charge on any atom is -0.339 e. The first-order valence-electron chi connectivity index (χ1n) is 9.02. The number of hydrogen-bond acceptors (Lipinski definition) is 2. The lowest BCUT2D eigenvalue weighted by atomic mass is 10.1. The van der Waals surface area contributed by atoms with Crippen LogP contribution in [0.4, 0.5) is 8.78 Å². The lowest BCUT2D eigenvalue weighted by molar-refractivity contribution is -0.132. The molecule has 6 heteroatoms. The van der Waals surface area contributed by atoms with Crippen LogP contribution in [0.2, 0.25) is 0 Å². The van der Waals surface area contributed by atoms with Crippen LogP contribution >= 0.6 is 0 Å². The summed E-state index contributed by atoms with van der Waals surface area (Å²) in [7, 11) is 0. The van der Waals surface area contributed by atoms with E-state index < -0.39 is 0 Å². The molecule has 0 unspecified atom stereocenters. The van der Waals surface area contributed by atoms with Crippen LogP contribution in [0, 0.1) is 18.6 Å². The summed E-state index contributed by atoms with van der Waals surface area (Å²) in [5.74, 6) is -0.827. The molecule has 3 rings (SSSR count). The Hall–Kier alpha value is -2.76. The van der Waals surface area contributed by atoms with E-state index >= 15 is 0 Å². The van der Waals surface area contributed by atoms with E-state index in [1.54, 1.807) is 41.0 Å². The molecule has 1 aliphatic rings. The van der Waals surface area contributed by atoms with Crippen molar-refractivity contribution in [3.63, 3.8) is 0 Å². The number of hydrogen-bond donors (Lipinski definition) is 0. The number of carbonyl (C=O) groups excluding carboxylic acids is 2. The number of aryl methyl sites for hydroxylation is 2. The van der Waals surface area contributed by atoms with Gasteiger partial charge in [-0.1, -0.05) is 18.2 Å². The molecule has 0 aromatic heterocycles. The average Bonchev–Trinajstić information content (AvgIpc) is 2.69. The normalized spacial score (nSPS) is 14.3. The molecule has 142 valence electrons. The second-order valence-corrected chi connectivity index (χ2v) is 6.73. The molecule has 0 saturated carbocycles. The third-order valence-electron chi connectivity index (χ3n) is 4.89. The van der Waals surface area contributed by atoms with Gasteiger partial charge in [0.05, 0.1) is 0 Å². The molecule has 0 aliphatic carbocycles. The first kappa shape index (κ1) is 19.0. The molecule has 0 bridgehead atoms. The number of piperazine rings is 1. The quantitative estimate of drug-likeness (QED) is 0.827. The maximum absolute atomic E-state index is 13.6. The summed E-state index contributed by atoms with van der Waals surface area (Å²) < 4.78 is 27.0. The van der Waals surface area contributed by atoms with Gasteiger partial charge in [-0.05, 0) is 48.7 Å². The average molecular weight is 372 g/mol. The number of rotatable bonds is 4. The van der Waals surface area contributed by atoms with Crippen molar-refractivity contribution in [1.82, 2.24) is 9.80 Å². The molecular weight excluding hydrogens is 350 g/mol. The highest BCUT2D eigenvalue weighted by molar-refractivity contribution is 5.94. The SMILES string of the molecule is Cc1cc(C(=O)N2CCN(C(=O)CCc3ccccc3F)CC2)ccc1F. The van der Waals surface area contributed by atoms with Crippen LogP contribution in [0.3, 0.4) is 0 Å². The predicted octanol–water partition coefficient (Wildman–Crippen LogP) is 3.19. The van der Waals surface area contributed by atoms with Gasteiger partial charge in [-0.3, -0.25) is 9.59 Å². The van der Waals surface area contributed by atoms with E-state index in [4.69, 9.17) is 0 Å². The van der Waals surface area contributed by atoms with Crippen LogP contribution in [-0.2, 0) is 11.2 Å². The smallest absolute Gasteiger partial charge is 0.253 e. The Morgan fingerprint density at radius 1 is 0.926 bits per heavy atom. The highest BCUT2D eigenvalue weighted by Gasteiger charge is 2.25. The van der Waals surface area contributed by atoms with Crippen LogP contribution in [0.5, 0.6) is 0 Å². The molecule has 0 radical (unpaired) electrons. The molecule has 27 heavy (non-hydrogen) atoms. The van der Waals surface area contributed by atoms with E-state index in [9.17, 15) is 18.4 Å². The van der Waals surface area contributed by atoms with Crippen LogP contribution < -0.4 is 0 Å². The first-order valence-corrected chi connectivity index (χ1v) is 9.02. The molecule has 2 aromatic rings. The number of nitrogens with zero attached hydrogens (tertiary/aromatic N) is 2. The van der Waals surface area contributed by atoms with Crippen LogP contribution in [0.25, 0.3) is 0 Å². The number of amides is 2. The molecule has 0 spiro atoms. The third-order valence-corrected chi connectivity index (χ3v) is 4.89. The van der Waals surface area contributed by atoms with E-state index in [2.05, 4.69) is 0 Å². The van der Waals surface area contributed by atoms with Gasteiger partial charge in [0.2, 0.25) is 5.91 Å². The van der Waals surface area contributed by atoms with Gasteiger partial charge in [-0.2, -0.15) is 0 Å². The molecule has 1 saturated heterocycles. The van der Waals surface area contributed by atoms with Crippen molar-refractivity contribution < 1.29 is 18.4 Å². The van der Waals surface area contributed by atoms with Crippen molar-refractivity contribution in [3.8, 4) is 0 Å². The molecule has 4 nitrogen and oxygen atoms in total. The van der Waals surface area contributed by atoms with E-state index in [1.165, 1.54) is 18.2 Å². The second-order valence-electron chi connectivity index (χ2n) is 6.73. The lowest BCUT2D eigenvalue weighted by Crippen LogP contribution is -2.50. The van der Waals surface area contributed by atoms with E-state index in [1.807, 2.05) is 0 Å². The van der Waals surface area contributed by atoms with Crippen molar-refractivity contribution >= 4 is 11.8 Å². The van der Waals surface area contributed by atoms with Gasteiger partial charge in [0.25, 0.3) is 5.91 Å². The maximum atomic E-state index is 13.6. The maximum Gasteiger partial charge on any atom is 0.253 e. The van der Waals surface area contributed by atoms with E-state index in [0.717, 1.165) is 0 Å². The molecule has 2 aromatic carbocycles. The van der Waals surface area contributed by atoms with Crippen LogP contribution in [-0.4, -0.2) is 47.8 Å². The highest BCUT2D eigenvalue weighted by atomic mass is 19.1. The van der Waals surface area contributed by atoms with Gasteiger partial charge < -0.3 is 9.80 Å². The zero-order valence-corrected chi connectivity index (χ0v) is 15.3. The summed E-state index contributed by atoms with van der Waals surface area (Å²) in [4.78, 5) is 28.3. The Bertz CT molecular complexity index is 846. The van der Waals surface area contributed by atoms with Crippen LogP contribution in [0.15, 0.2) is 42.5 Å². The monoisotopic (exact) mass is 372 g/mol. The Morgan fingerprint density at radius 3 is 2.26 bits per heavy atom. The first-order chi connectivity index (χ1) is 13.0. The summed E-state index contributed by atoms with van der Waals surface area (Å²) in [6.45, 7) is 3.38. The highest BCUT2D eigenvalue weighted by Crippen LogP contribution is 2.15. The second kappa shape index (κ2) is 8.29. The largest absolute Gasteiger partial charge is 0.339 e. The fourth-order valence-electron chi connectivity index (χ4n) is 3.22. The van der Waals surface area contributed by atoms with Gasteiger partial charge in [0.1, 0.15) is 11.6 Å². The van der Waals surface area contributed by atoms with Gasteiger partial charge in [0.15, 0.2) is 0 Å². The summed E-state index contributed by atoms with van der Waals surface area (Å²) in [6, 6.07) is 10.8. The summed E-state index contributed by atoms with van der Waals surface area (Å²) in [5, 5.41) is 0. The van der Waals surface area contributed by atoms with Gasteiger partial charge in [-0.25, -0.2) is 8.78 Å². The molecule has 0 atom stereocenters. The Morgan fingerprint density at radius 2 is 1.59 bits per heavy atom. The molecule has 2 amide bonds.